The van der Waals surface area contributed by atoms with Crippen molar-refractivity contribution in [3.63, 3.8) is 0 Å². The fraction of sp³-hybridized carbons (Fsp3) is 0.692. The Morgan fingerprint density at radius 1 is 0.842 bits per heavy atom. The summed E-state index contributed by atoms with van der Waals surface area (Å²) in [6, 6.07) is 1.85. The number of hydrogen-bond acceptors (Lipinski definition) is 5. The molecule has 2 N–H and O–H groups in total. The molecule has 6 heteroatoms. The number of piperazine rings is 1. The van der Waals surface area contributed by atoms with Crippen molar-refractivity contribution in [2.45, 2.75) is 19.3 Å². The third kappa shape index (κ3) is 5.94. The molecule has 0 bridgehead atoms. The predicted molar refractivity (Wildman–Crippen MR) is 76.3 cm³/mol. The highest BCUT2D eigenvalue weighted by atomic mass is 19.0. The quantitative estimate of drug-likeness (QED) is 0.790. The van der Waals surface area contributed by atoms with Crippen LogP contribution in [0.3, 0.4) is 0 Å². The Labute approximate surface area is 114 Å². The fourth-order valence-electron chi connectivity index (χ4n) is 2.15. The molecule has 1 aromatic rings. The second kappa shape index (κ2) is 9.63. The van der Waals surface area contributed by atoms with Crippen LogP contribution in [0.4, 0.5) is 10.7 Å². The molecule has 0 radical (unpaired) electrons. The lowest BCUT2D eigenvalue weighted by Gasteiger charge is -2.26. The second-order valence-electron chi connectivity index (χ2n) is 4.60. The zero-order chi connectivity index (χ0) is 12.5. The first-order chi connectivity index (χ1) is 8.97. The zero-order valence-corrected chi connectivity index (χ0v) is 11.3. The second-order valence-corrected chi connectivity index (χ2v) is 4.60. The van der Waals surface area contributed by atoms with Crippen LogP contribution in [-0.2, 0) is 0 Å². The molecule has 2 fully saturated rings. The third-order valence-electron chi connectivity index (χ3n) is 3.15. The van der Waals surface area contributed by atoms with Crippen LogP contribution in [0.5, 0.6) is 0 Å². The molecule has 0 amide bonds. The number of anilines is 1. The van der Waals surface area contributed by atoms with Crippen LogP contribution in [0.2, 0.25) is 0 Å². The highest BCUT2D eigenvalue weighted by Gasteiger charge is 2.11. The van der Waals surface area contributed by atoms with Crippen LogP contribution in [-0.4, -0.2) is 49.2 Å². The van der Waals surface area contributed by atoms with E-state index in [0.717, 1.165) is 45.2 Å². The van der Waals surface area contributed by atoms with Gasteiger partial charge in [-0.15, -0.1) is 0 Å². The van der Waals surface area contributed by atoms with Crippen molar-refractivity contribution in [3.8, 4) is 0 Å². The molecular formula is C13H24FN5. The summed E-state index contributed by atoms with van der Waals surface area (Å²) in [6.07, 6.45) is 7.51. The van der Waals surface area contributed by atoms with Crippen molar-refractivity contribution in [2.75, 3.05) is 44.2 Å². The SMILES string of the molecule is C1CNCCN1.F.c1cnc(N2CCCCC2)nc1. The lowest BCUT2D eigenvalue weighted by atomic mass is 10.1. The van der Waals surface area contributed by atoms with E-state index in [1.165, 1.54) is 19.3 Å². The van der Waals surface area contributed by atoms with Crippen LogP contribution in [0.15, 0.2) is 18.5 Å². The van der Waals surface area contributed by atoms with Crippen LogP contribution in [0.25, 0.3) is 0 Å². The Kier molecular flexibility index (Phi) is 8.00. The van der Waals surface area contributed by atoms with E-state index in [1.807, 2.05) is 6.07 Å². The zero-order valence-electron chi connectivity index (χ0n) is 11.3. The molecule has 19 heavy (non-hydrogen) atoms. The van der Waals surface area contributed by atoms with Gasteiger partial charge in [0.1, 0.15) is 0 Å². The minimum absolute atomic E-state index is 0. The van der Waals surface area contributed by atoms with Gasteiger partial charge in [0.05, 0.1) is 0 Å². The Morgan fingerprint density at radius 2 is 1.37 bits per heavy atom. The molecule has 0 atom stereocenters. The van der Waals surface area contributed by atoms with Gasteiger partial charge in [0.2, 0.25) is 5.95 Å². The van der Waals surface area contributed by atoms with Gasteiger partial charge < -0.3 is 15.5 Å². The normalized spacial score (nSPS) is 18.8. The molecule has 0 unspecified atom stereocenters. The first kappa shape index (κ1) is 15.8. The summed E-state index contributed by atoms with van der Waals surface area (Å²) >= 11 is 0. The van der Waals surface area contributed by atoms with E-state index in [0.29, 0.717) is 0 Å². The van der Waals surface area contributed by atoms with E-state index in [9.17, 15) is 0 Å². The summed E-state index contributed by atoms with van der Waals surface area (Å²) in [4.78, 5) is 10.7. The predicted octanol–water partition coefficient (Wildman–Crippen LogP) is 0.799. The molecule has 0 spiro atoms. The van der Waals surface area contributed by atoms with Crippen molar-refractivity contribution < 1.29 is 4.70 Å². The number of halogens is 1. The number of hydrogen-bond donors (Lipinski definition) is 2. The lowest BCUT2D eigenvalue weighted by Crippen LogP contribution is -2.39. The number of nitrogens with one attached hydrogen (secondary N) is 2. The topological polar surface area (TPSA) is 53.1 Å². The van der Waals surface area contributed by atoms with Crippen molar-refractivity contribution >= 4 is 5.95 Å². The maximum absolute atomic E-state index is 4.22. The molecule has 2 aliphatic rings. The van der Waals surface area contributed by atoms with Gasteiger partial charge >= 0.3 is 0 Å². The van der Waals surface area contributed by atoms with Crippen molar-refractivity contribution in [2.24, 2.45) is 0 Å². The molecule has 2 saturated heterocycles. The highest BCUT2D eigenvalue weighted by Crippen LogP contribution is 2.13. The Bertz CT molecular complexity index is 301. The molecule has 5 nitrogen and oxygen atoms in total. The van der Waals surface area contributed by atoms with E-state index in [4.69, 9.17) is 0 Å². The summed E-state index contributed by atoms with van der Waals surface area (Å²) in [5, 5.41) is 6.44. The Balaban J connectivity index is 0.000000220. The van der Waals surface area contributed by atoms with Crippen molar-refractivity contribution in [1.82, 2.24) is 20.6 Å². The first-order valence-corrected chi connectivity index (χ1v) is 6.90. The van der Waals surface area contributed by atoms with Crippen LogP contribution in [0.1, 0.15) is 19.3 Å². The van der Waals surface area contributed by atoms with E-state index < -0.39 is 0 Å². The monoisotopic (exact) mass is 269 g/mol. The largest absolute Gasteiger partial charge is 0.341 e. The molecule has 3 heterocycles. The molecule has 0 aliphatic carbocycles. The highest BCUT2D eigenvalue weighted by molar-refractivity contribution is 5.28. The number of piperidine rings is 1. The van der Waals surface area contributed by atoms with Gasteiger partial charge in [-0.25, -0.2) is 9.97 Å². The molecule has 0 aromatic carbocycles. The minimum atomic E-state index is 0. The van der Waals surface area contributed by atoms with Gasteiger partial charge in [-0.1, -0.05) is 0 Å². The maximum Gasteiger partial charge on any atom is 0.225 e. The van der Waals surface area contributed by atoms with Crippen LogP contribution >= 0.6 is 0 Å². The molecule has 108 valence electrons. The van der Waals surface area contributed by atoms with Crippen LogP contribution < -0.4 is 15.5 Å². The molecular weight excluding hydrogens is 245 g/mol. The third-order valence-corrected chi connectivity index (χ3v) is 3.15. The Morgan fingerprint density at radius 3 is 1.84 bits per heavy atom. The smallest absolute Gasteiger partial charge is 0.225 e. The molecule has 0 saturated carbocycles. The first-order valence-electron chi connectivity index (χ1n) is 6.90. The minimum Gasteiger partial charge on any atom is -0.341 e. The summed E-state index contributed by atoms with van der Waals surface area (Å²) in [6.45, 7) is 6.79. The number of rotatable bonds is 1. The average Bonchev–Trinajstić information content (AvgIpc) is 2.51. The van der Waals surface area contributed by atoms with Crippen molar-refractivity contribution in [3.05, 3.63) is 18.5 Å². The number of nitrogens with zero attached hydrogens (tertiary/aromatic N) is 3. The molecule has 2 aliphatic heterocycles. The van der Waals surface area contributed by atoms with Gasteiger partial charge in [0, 0.05) is 51.7 Å². The van der Waals surface area contributed by atoms with E-state index in [-0.39, 0.29) is 4.70 Å². The average molecular weight is 269 g/mol. The van der Waals surface area contributed by atoms with Crippen molar-refractivity contribution in [1.29, 1.82) is 0 Å². The van der Waals surface area contributed by atoms with Gasteiger partial charge in [-0.05, 0) is 25.3 Å². The molecule has 3 rings (SSSR count). The summed E-state index contributed by atoms with van der Waals surface area (Å²) in [7, 11) is 0. The van der Waals surface area contributed by atoms with E-state index in [2.05, 4.69) is 25.5 Å². The standard InChI is InChI=1S/C9H13N3.C4H10N2.FH/c1-2-7-12(8-3-1)9-10-5-4-6-11-9;1-2-6-4-3-5-1;/h4-6H,1-3,7-8H2;5-6H,1-4H2;1H. The van der Waals surface area contributed by atoms with E-state index in [1.54, 1.807) is 12.4 Å². The number of aromatic nitrogens is 2. The van der Waals surface area contributed by atoms with Gasteiger partial charge in [0.25, 0.3) is 0 Å². The summed E-state index contributed by atoms with van der Waals surface area (Å²) in [5.74, 6) is 0.886. The Hall–Kier alpha value is -1.27. The maximum atomic E-state index is 4.22. The summed E-state index contributed by atoms with van der Waals surface area (Å²) < 4.78 is 0. The lowest BCUT2D eigenvalue weighted by molar-refractivity contribution is 0.534. The van der Waals surface area contributed by atoms with Gasteiger partial charge in [0.15, 0.2) is 0 Å². The van der Waals surface area contributed by atoms with Gasteiger partial charge in [-0.2, -0.15) is 0 Å². The summed E-state index contributed by atoms with van der Waals surface area (Å²) in [5.41, 5.74) is 0. The van der Waals surface area contributed by atoms with Gasteiger partial charge in [-0.3, -0.25) is 4.70 Å². The van der Waals surface area contributed by atoms with E-state index >= 15 is 0 Å². The fourth-order valence-corrected chi connectivity index (χ4v) is 2.15. The molecule has 1 aromatic heterocycles. The van der Waals surface area contributed by atoms with Crippen LogP contribution in [0, 0.1) is 0 Å².